The van der Waals surface area contributed by atoms with Crippen LogP contribution >= 0.6 is 0 Å². The molecule has 1 fully saturated rings. The summed E-state index contributed by atoms with van der Waals surface area (Å²) in [7, 11) is 0. The zero-order chi connectivity index (χ0) is 20.4. The van der Waals surface area contributed by atoms with Crippen molar-refractivity contribution in [2.45, 2.75) is 19.4 Å². The van der Waals surface area contributed by atoms with E-state index in [0.29, 0.717) is 30.0 Å². The van der Waals surface area contributed by atoms with Crippen molar-refractivity contribution in [2.75, 3.05) is 19.6 Å². The van der Waals surface area contributed by atoms with E-state index in [1.807, 2.05) is 17.9 Å². The third-order valence-electron chi connectivity index (χ3n) is 4.77. The molecular weight excluding hydrogens is 378 g/mol. The minimum absolute atomic E-state index is 0.0797. The van der Waals surface area contributed by atoms with E-state index in [9.17, 15) is 13.6 Å². The number of pyridine rings is 2. The van der Waals surface area contributed by atoms with Crippen LogP contribution < -0.4 is 10.1 Å². The first kappa shape index (κ1) is 19.2. The fourth-order valence-corrected chi connectivity index (χ4v) is 3.27. The Labute approximate surface area is 166 Å². The quantitative estimate of drug-likeness (QED) is 0.724. The van der Waals surface area contributed by atoms with Crippen molar-refractivity contribution < 1.29 is 18.3 Å². The lowest BCUT2D eigenvalue weighted by molar-refractivity contribution is 0.0703. The molecule has 150 valence electrons. The molecule has 1 aliphatic rings. The summed E-state index contributed by atoms with van der Waals surface area (Å²) in [6, 6.07) is 11.7. The zero-order valence-electron chi connectivity index (χ0n) is 15.8. The van der Waals surface area contributed by atoms with Crippen molar-refractivity contribution >= 4 is 16.8 Å². The van der Waals surface area contributed by atoms with Crippen LogP contribution in [0.25, 0.3) is 10.9 Å². The van der Waals surface area contributed by atoms with E-state index in [-0.39, 0.29) is 23.4 Å². The molecule has 1 atom stereocenters. The highest BCUT2D eigenvalue weighted by atomic mass is 19.3. The summed E-state index contributed by atoms with van der Waals surface area (Å²) < 4.78 is 30.9. The molecule has 0 spiro atoms. The molecule has 0 unspecified atom stereocenters. The molecule has 1 saturated heterocycles. The topological polar surface area (TPSA) is 67.4 Å². The lowest BCUT2D eigenvalue weighted by atomic mass is 10.1. The number of benzene rings is 1. The summed E-state index contributed by atoms with van der Waals surface area (Å²) in [6.45, 7) is 4.13. The fraction of sp³-hybridized carbons (Fsp3) is 0.286. The Balaban J connectivity index is 1.51. The van der Waals surface area contributed by atoms with Gasteiger partial charge >= 0.3 is 0 Å². The lowest BCUT2D eigenvalue weighted by Gasteiger charge is -2.31. The molecule has 4 rings (SSSR count). The molecule has 6 nitrogen and oxygen atoms in total. The number of fused-ring (bicyclic) bond motifs is 1. The first-order valence-electron chi connectivity index (χ1n) is 9.35. The molecule has 1 N–H and O–H groups in total. The number of amides is 1. The van der Waals surface area contributed by atoms with E-state index in [4.69, 9.17) is 4.74 Å². The fourth-order valence-electron chi connectivity index (χ4n) is 3.27. The maximum absolute atomic E-state index is 12.7. The largest absolute Gasteiger partial charge is 0.439 e. The van der Waals surface area contributed by atoms with Gasteiger partial charge < -0.3 is 15.0 Å². The van der Waals surface area contributed by atoms with Crippen molar-refractivity contribution in [3.8, 4) is 11.6 Å². The predicted molar refractivity (Wildman–Crippen MR) is 104 cm³/mol. The van der Waals surface area contributed by atoms with Crippen LogP contribution in [0.5, 0.6) is 11.6 Å². The third-order valence-corrected chi connectivity index (χ3v) is 4.77. The highest BCUT2D eigenvalue weighted by molar-refractivity contribution is 5.95. The van der Waals surface area contributed by atoms with Crippen LogP contribution in [0.3, 0.4) is 0 Å². The molecule has 8 heteroatoms. The average molecular weight is 398 g/mol. The second-order valence-electron chi connectivity index (χ2n) is 6.99. The molecule has 1 amide bonds. The number of alkyl halides is 2. The van der Waals surface area contributed by atoms with Crippen LogP contribution in [0, 0.1) is 0 Å². The van der Waals surface area contributed by atoms with Crippen molar-refractivity contribution in [2.24, 2.45) is 0 Å². The van der Waals surface area contributed by atoms with Crippen molar-refractivity contribution in [3.05, 3.63) is 59.9 Å². The summed E-state index contributed by atoms with van der Waals surface area (Å²) in [5.41, 5.74) is 0.924. The molecule has 0 aliphatic carbocycles. The third kappa shape index (κ3) is 4.32. The van der Waals surface area contributed by atoms with E-state index in [1.165, 1.54) is 12.1 Å². The number of piperazine rings is 1. The van der Waals surface area contributed by atoms with Gasteiger partial charge in [0.1, 0.15) is 11.4 Å². The van der Waals surface area contributed by atoms with Gasteiger partial charge in [0.25, 0.3) is 12.3 Å². The summed E-state index contributed by atoms with van der Waals surface area (Å²) in [4.78, 5) is 22.9. The van der Waals surface area contributed by atoms with Crippen LogP contribution in [0.1, 0.15) is 29.4 Å². The molecular formula is C21H20F2N4O2. The van der Waals surface area contributed by atoms with Crippen LogP contribution in [-0.2, 0) is 0 Å². The van der Waals surface area contributed by atoms with Crippen LogP contribution in [0.2, 0.25) is 0 Å². The smallest absolute Gasteiger partial charge is 0.272 e. The van der Waals surface area contributed by atoms with Crippen LogP contribution in [0.15, 0.2) is 48.7 Å². The van der Waals surface area contributed by atoms with Gasteiger partial charge in [0.2, 0.25) is 5.88 Å². The number of hydrogen-bond donors (Lipinski definition) is 1. The number of aromatic nitrogens is 2. The Morgan fingerprint density at radius 3 is 2.83 bits per heavy atom. The Bertz CT molecular complexity index is 1030. The summed E-state index contributed by atoms with van der Waals surface area (Å²) in [6.07, 6.45) is -1.47. The van der Waals surface area contributed by atoms with Crippen LogP contribution in [-0.4, -0.2) is 46.5 Å². The van der Waals surface area contributed by atoms with E-state index in [0.717, 1.165) is 18.1 Å². The molecule has 3 aromatic rings. The maximum atomic E-state index is 12.7. The number of hydrogen-bond acceptors (Lipinski definition) is 5. The molecule has 1 aliphatic heterocycles. The number of carbonyl (C=O) groups is 1. The highest BCUT2D eigenvalue weighted by Gasteiger charge is 2.22. The molecule has 0 bridgehead atoms. The van der Waals surface area contributed by atoms with Gasteiger partial charge in [-0.05, 0) is 37.3 Å². The zero-order valence-corrected chi connectivity index (χ0v) is 15.8. The molecule has 0 radical (unpaired) electrons. The van der Waals surface area contributed by atoms with E-state index in [1.54, 1.807) is 24.3 Å². The lowest BCUT2D eigenvalue weighted by Crippen LogP contribution is -2.51. The van der Waals surface area contributed by atoms with Gasteiger partial charge in [-0.25, -0.2) is 18.7 Å². The van der Waals surface area contributed by atoms with Crippen molar-refractivity contribution in [3.63, 3.8) is 0 Å². The highest BCUT2D eigenvalue weighted by Crippen LogP contribution is 2.26. The first-order chi connectivity index (χ1) is 14.0. The number of nitrogens with zero attached hydrogens (tertiary/aromatic N) is 3. The Kier molecular flexibility index (Phi) is 5.35. The monoisotopic (exact) mass is 398 g/mol. The maximum Gasteiger partial charge on any atom is 0.272 e. The Hall–Kier alpha value is -3.13. The van der Waals surface area contributed by atoms with Gasteiger partial charge in [-0.15, -0.1) is 0 Å². The standard InChI is InChI=1S/C21H20F2N4O2/c1-13-12-27(9-8-24-13)21(28)18-5-2-14-10-16(4-6-17(14)26-18)29-19-7-3-15(11-25-19)20(22)23/h2-7,10-11,13,20,24H,8-9,12H2,1H3/t13-/m1/s1. The number of ether oxygens (including phenoxy) is 1. The van der Waals surface area contributed by atoms with Gasteiger partial charge in [0, 0.05) is 48.9 Å². The molecule has 2 aromatic heterocycles. The molecule has 0 saturated carbocycles. The van der Waals surface area contributed by atoms with E-state index < -0.39 is 6.43 Å². The summed E-state index contributed by atoms with van der Waals surface area (Å²) in [5, 5.41) is 4.11. The van der Waals surface area contributed by atoms with Gasteiger partial charge in [0.15, 0.2) is 0 Å². The summed E-state index contributed by atoms with van der Waals surface area (Å²) in [5.74, 6) is 0.650. The van der Waals surface area contributed by atoms with E-state index >= 15 is 0 Å². The Morgan fingerprint density at radius 2 is 2.10 bits per heavy atom. The second-order valence-corrected chi connectivity index (χ2v) is 6.99. The minimum Gasteiger partial charge on any atom is -0.439 e. The molecule has 29 heavy (non-hydrogen) atoms. The average Bonchev–Trinajstić information content (AvgIpc) is 2.73. The number of rotatable bonds is 4. The number of nitrogens with one attached hydrogen (secondary N) is 1. The van der Waals surface area contributed by atoms with Crippen LogP contribution in [0.4, 0.5) is 8.78 Å². The Morgan fingerprint density at radius 1 is 1.24 bits per heavy atom. The second kappa shape index (κ2) is 8.08. The molecule has 3 heterocycles. The van der Waals surface area contributed by atoms with Gasteiger partial charge in [0.05, 0.1) is 5.52 Å². The normalized spacial score (nSPS) is 17.0. The molecule has 1 aromatic carbocycles. The van der Waals surface area contributed by atoms with Crippen molar-refractivity contribution in [1.82, 2.24) is 20.2 Å². The van der Waals surface area contributed by atoms with E-state index in [2.05, 4.69) is 15.3 Å². The van der Waals surface area contributed by atoms with Gasteiger partial charge in [-0.3, -0.25) is 4.79 Å². The minimum atomic E-state index is -2.57. The van der Waals surface area contributed by atoms with Gasteiger partial charge in [-0.2, -0.15) is 0 Å². The SMILES string of the molecule is C[C@@H]1CN(C(=O)c2ccc3cc(Oc4ccc(C(F)F)cn4)ccc3n2)CCN1. The summed E-state index contributed by atoms with van der Waals surface area (Å²) >= 11 is 0. The first-order valence-corrected chi connectivity index (χ1v) is 9.35. The number of carbonyl (C=O) groups excluding carboxylic acids is 1. The van der Waals surface area contributed by atoms with Gasteiger partial charge in [-0.1, -0.05) is 6.07 Å². The predicted octanol–water partition coefficient (Wildman–Crippen LogP) is 3.79. The number of halogens is 2. The van der Waals surface area contributed by atoms with Crippen molar-refractivity contribution in [1.29, 1.82) is 0 Å².